The zero-order chi connectivity index (χ0) is 7.07. The molecule has 0 aromatic rings. The number of rotatable bonds is 1. The summed E-state index contributed by atoms with van der Waals surface area (Å²) in [6, 6.07) is 0.190. The fraction of sp³-hybridized carbons (Fsp3) is 1.00. The molecule has 0 aromatic carbocycles. The molecule has 9 heavy (non-hydrogen) atoms. The fourth-order valence-corrected chi connectivity index (χ4v) is 2.62. The van der Waals surface area contributed by atoms with Gasteiger partial charge in [-0.1, -0.05) is 0 Å². The third-order valence-corrected chi connectivity index (χ3v) is 4.20. The van der Waals surface area contributed by atoms with Crippen molar-refractivity contribution in [1.82, 2.24) is 5.32 Å². The number of nitrogens with one attached hydrogen (secondary N) is 1. The van der Waals surface area contributed by atoms with E-state index in [0.29, 0.717) is 5.75 Å². The smallest absolute Gasteiger partial charge is 0.156 e. The minimum atomic E-state index is -2.68. The molecule has 1 saturated heterocycles. The molecule has 1 aliphatic heterocycles. The second-order valence-electron chi connectivity index (χ2n) is 2.43. The van der Waals surface area contributed by atoms with Crippen molar-refractivity contribution in [3.05, 3.63) is 0 Å². The van der Waals surface area contributed by atoms with Gasteiger partial charge in [0.1, 0.15) is 0 Å². The van der Waals surface area contributed by atoms with Crippen LogP contribution < -0.4 is 5.32 Å². The summed E-state index contributed by atoms with van der Waals surface area (Å²) >= 11 is 0. The molecule has 0 spiro atoms. The van der Waals surface area contributed by atoms with Crippen molar-refractivity contribution in [2.45, 2.75) is 18.2 Å². The van der Waals surface area contributed by atoms with E-state index in [1.807, 2.05) is 0 Å². The summed E-state index contributed by atoms with van der Waals surface area (Å²) in [7, 11) is -0.896. The maximum Gasteiger partial charge on any atom is 0.156 e. The first-order chi connectivity index (χ1) is 4.08. The van der Waals surface area contributed by atoms with Gasteiger partial charge >= 0.3 is 0 Å². The van der Waals surface area contributed by atoms with Crippen LogP contribution in [0.3, 0.4) is 0 Å². The van der Waals surface area contributed by atoms with Crippen molar-refractivity contribution < 1.29 is 8.42 Å². The van der Waals surface area contributed by atoms with Crippen LogP contribution in [0.15, 0.2) is 0 Å². The Morgan fingerprint density at radius 2 is 2.11 bits per heavy atom. The Bertz CT molecular complexity index is 197. The summed E-state index contributed by atoms with van der Waals surface area (Å²) in [6.45, 7) is 1.74. The maximum absolute atomic E-state index is 10.7. The molecule has 2 unspecified atom stereocenters. The fourth-order valence-electron chi connectivity index (χ4n) is 0.984. The minimum Gasteiger partial charge on any atom is -0.315 e. The second kappa shape index (κ2) is 1.95. The Labute approximate surface area is 55.4 Å². The Balaban J connectivity index is 2.62. The van der Waals surface area contributed by atoms with Crippen molar-refractivity contribution in [1.29, 1.82) is 0 Å². The van der Waals surface area contributed by atoms with E-state index in [1.54, 1.807) is 14.0 Å². The quantitative estimate of drug-likeness (QED) is 0.541. The summed E-state index contributed by atoms with van der Waals surface area (Å²) in [5.74, 6) is 0.310. The van der Waals surface area contributed by atoms with Gasteiger partial charge in [0.05, 0.1) is 11.0 Å². The maximum atomic E-state index is 10.7. The number of hydrogen-bond donors (Lipinski definition) is 1. The van der Waals surface area contributed by atoms with Crippen molar-refractivity contribution in [3.8, 4) is 0 Å². The van der Waals surface area contributed by atoms with Gasteiger partial charge in [-0.05, 0) is 14.0 Å². The third-order valence-electron chi connectivity index (χ3n) is 1.92. The van der Waals surface area contributed by atoms with Crippen LogP contribution in [-0.4, -0.2) is 32.5 Å². The van der Waals surface area contributed by atoms with E-state index in [0.717, 1.165) is 0 Å². The molecule has 1 aliphatic rings. The Morgan fingerprint density at radius 3 is 2.22 bits per heavy atom. The minimum absolute atomic E-state index is 0.178. The van der Waals surface area contributed by atoms with Gasteiger partial charge in [0.25, 0.3) is 0 Å². The lowest BCUT2D eigenvalue weighted by atomic mass is 10.2. The van der Waals surface area contributed by atoms with Gasteiger partial charge in [0, 0.05) is 6.04 Å². The summed E-state index contributed by atoms with van der Waals surface area (Å²) in [6.07, 6.45) is 0. The largest absolute Gasteiger partial charge is 0.315 e. The van der Waals surface area contributed by atoms with Crippen LogP contribution in [0.2, 0.25) is 0 Å². The van der Waals surface area contributed by atoms with Crippen LogP contribution in [0.25, 0.3) is 0 Å². The SMILES string of the molecule is CNC1CS(=O)(=O)C1C. The lowest BCUT2D eigenvalue weighted by Gasteiger charge is -2.32. The van der Waals surface area contributed by atoms with Crippen LogP contribution in [0.1, 0.15) is 6.92 Å². The predicted molar refractivity (Wildman–Crippen MR) is 36.1 cm³/mol. The van der Waals surface area contributed by atoms with Crippen molar-refractivity contribution in [3.63, 3.8) is 0 Å². The van der Waals surface area contributed by atoms with Crippen LogP contribution in [0.4, 0.5) is 0 Å². The topological polar surface area (TPSA) is 46.2 Å². The molecule has 1 N–H and O–H groups in total. The van der Waals surface area contributed by atoms with Crippen molar-refractivity contribution in [2.24, 2.45) is 0 Å². The molecule has 0 aliphatic carbocycles. The van der Waals surface area contributed by atoms with Gasteiger partial charge in [-0.3, -0.25) is 0 Å². The Hall–Kier alpha value is -0.0900. The lowest BCUT2D eigenvalue weighted by molar-refractivity contribution is 0.489. The molecule has 0 amide bonds. The van der Waals surface area contributed by atoms with Crippen LogP contribution in [0, 0.1) is 0 Å². The van der Waals surface area contributed by atoms with Crippen molar-refractivity contribution >= 4 is 9.84 Å². The van der Waals surface area contributed by atoms with E-state index < -0.39 is 9.84 Å². The van der Waals surface area contributed by atoms with Gasteiger partial charge in [-0.15, -0.1) is 0 Å². The lowest BCUT2D eigenvalue weighted by Crippen LogP contribution is -2.56. The average molecular weight is 149 g/mol. The standard InChI is InChI=1S/C5H11NO2S/c1-4-5(6-2)3-9(4,7)8/h4-6H,3H2,1-2H3. The molecule has 2 atom stereocenters. The highest BCUT2D eigenvalue weighted by atomic mass is 32.2. The van der Waals surface area contributed by atoms with E-state index >= 15 is 0 Å². The zero-order valence-corrected chi connectivity index (χ0v) is 6.40. The number of sulfone groups is 1. The normalized spacial score (nSPS) is 39.8. The molecule has 0 radical (unpaired) electrons. The van der Waals surface area contributed by atoms with Gasteiger partial charge in [-0.2, -0.15) is 0 Å². The van der Waals surface area contributed by atoms with Gasteiger partial charge in [-0.25, -0.2) is 8.42 Å². The molecule has 0 saturated carbocycles. The van der Waals surface area contributed by atoms with E-state index in [9.17, 15) is 8.42 Å². The molecule has 0 aromatic heterocycles. The molecule has 1 fully saturated rings. The summed E-state index contributed by atoms with van der Waals surface area (Å²) in [5.41, 5.74) is 0. The first kappa shape index (κ1) is 7.02. The molecule has 3 nitrogen and oxygen atoms in total. The first-order valence-corrected chi connectivity index (χ1v) is 4.68. The van der Waals surface area contributed by atoms with E-state index in [-0.39, 0.29) is 11.3 Å². The van der Waals surface area contributed by atoms with E-state index in [1.165, 1.54) is 0 Å². The van der Waals surface area contributed by atoms with E-state index in [4.69, 9.17) is 0 Å². The number of hydrogen-bond acceptors (Lipinski definition) is 3. The molecule has 1 heterocycles. The monoisotopic (exact) mass is 149 g/mol. The van der Waals surface area contributed by atoms with Gasteiger partial charge < -0.3 is 5.32 Å². The van der Waals surface area contributed by atoms with Gasteiger partial charge in [0.2, 0.25) is 0 Å². The van der Waals surface area contributed by atoms with Crippen LogP contribution in [0.5, 0.6) is 0 Å². The Kier molecular flexibility index (Phi) is 1.52. The molecular formula is C5H11NO2S. The highest BCUT2D eigenvalue weighted by Gasteiger charge is 2.41. The second-order valence-corrected chi connectivity index (χ2v) is 4.83. The summed E-state index contributed by atoms with van der Waals surface area (Å²) in [4.78, 5) is 0. The first-order valence-electron chi connectivity index (χ1n) is 2.97. The summed E-state index contributed by atoms with van der Waals surface area (Å²) < 4.78 is 21.5. The molecule has 0 bridgehead atoms. The molecular weight excluding hydrogens is 138 g/mol. The molecule has 1 rings (SSSR count). The third kappa shape index (κ3) is 0.966. The molecule has 54 valence electrons. The highest BCUT2D eigenvalue weighted by Crippen LogP contribution is 2.19. The van der Waals surface area contributed by atoms with E-state index in [2.05, 4.69) is 5.32 Å². The summed E-state index contributed by atoms with van der Waals surface area (Å²) in [5, 5.41) is 2.75. The predicted octanol–water partition coefficient (Wildman–Crippen LogP) is -0.609. The van der Waals surface area contributed by atoms with Crippen LogP contribution >= 0.6 is 0 Å². The van der Waals surface area contributed by atoms with Crippen molar-refractivity contribution in [2.75, 3.05) is 12.8 Å². The Morgan fingerprint density at radius 1 is 1.56 bits per heavy atom. The molecule has 4 heteroatoms. The van der Waals surface area contributed by atoms with Crippen LogP contribution in [-0.2, 0) is 9.84 Å². The highest BCUT2D eigenvalue weighted by molar-refractivity contribution is 7.93. The zero-order valence-electron chi connectivity index (χ0n) is 5.59. The average Bonchev–Trinajstić information content (AvgIpc) is 1.82. The van der Waals surface area contributed by atoms with Gasteiger partial charge in [0.15, 0.2) is 9.84 Å².